The maximum Gasteiger partial charge on any atom is 0.258 e. The molecule has 166 valence electrons. The summed E-state index contributed by atoms with van der Waals surface area (Å²) in [6.45, 7) is 0. The highest BCUT2D eigenvalue weighted by Crippen LogP contribution is 2.42. The molecule has 0 aromatic heterocycles. The van der Waals surface area contributed by atoms with Gasteiger partial charge in [0.1, 0.15) is 0 Å². The van der Waals surface area contributed by atoms with Crippen molar-refractivity contribution in [1.82, 2.24) is 10.6 Å². The molecule has 2 amide bonds. The third-order valence-electron chi connectivity index (χ3n) is 4.60. The first-order chi connectivity index (χ1) is 14.9. The number of benzene rings is 2. The summed E-state index contributed by atoms with van der Waals surface area (Å²) in [5.74, 6) is -18.4. The minimum absolute atomic E-state index is 0.952. The van der Waals surface area contributed by atoms with Gasteiger partial charge in [0, 0.05) is 0 Å². The maximum absolute atomic E-state index is 14.4. The standard InChI is InChI=1S/C18H2Br2F8N2O2/c19-5-11(25)7(21)3(8(22)12(5)26)15-1-2(18(32)29-15)16(30-17(1)31)4-9(23)13(27)6(20)14(28)10(4)24/h(H,29,32)(H,30,31). The largest absolute Gasteiger partial charge is 0.320 e. The van der Waals surface area contributed by atoms with E-state index in [1.54, 1.807) is 10.6 Å². The summed E-state index contributed by atoms with van der Waals surface area (Å²) in [6, 6.07) is 0. The van der Waals surface area contributed by atoms with Crippen LogP contribution in [0.5, 0.6) is 0 Å². The molecule has 2 aliphatic rings. The number of fused-ring (bicyclic) bond motifs is 1. The summed E-state index contributed by atoms with van der Waals surface area (Å²) in [5, 5.41) is 3.58. The van der Waals surface area contributed by atoms with Crippen molar-refractivity contribution in [3.8, 4) is 0 Å². The average Bonchev–Trinajstić information content (AvgIpc) is 3.27. The van der Waals surface area contributed by atoms with Gasteiger partial charge in [-0.05, 0) is 31.9 Å². The number of amides is 2. The number of carbonyl (C=O) groups is 2. The summed E-state index contributed by atoms with van der Waals surface area (Å²) < 4.78 is 111. The van der Waals surface area contributed by atoms with Gasteiger partial charge in [0.05, 0.1) is 42.6 Å². The Labute approximate surface area is 188 Å². The molecule has 0 unspecified atom stereocenters. The fourth-order valence-electron chi connectivity index (χ4n) is 3.20. The topological polar surface area (TPSA) is 58.2 Å². The molecule has 2 aromatic carbocycles. The Bertz CT molecular complexity index is 1210. The lowest BCUT2D eigenvalue weighted by Crippen LogP contribution is -2.24. The van der Waals surface area contributed by atoms with Gasteiger partial charge < -0.3 is 10.6 Å². The van der Waals surface area contributed by atoms with Gasteiger partial charge in [0.2, 0.25) is 0 Å². The zero-order valence-electron chi connectivity index (χ0n) is 14.6. The van der Waals surface area contributed by atoms with Crippen molar-refractivity contribution in [3.05, 3.63) is 77.8 Å². The maximum atomic E-state index is 14.4. The summed E-state index contributed by atoms with van der Waals surface area (Å²) in [7, 11) is 0. The predicted molar refractivity (Wildman–Crippen MR) is 98.1 cm³/mol. The van der Waals surface area contributed by atoms with Crippen LogP contribution in [0.2, 0.25) is 0 Å². The fraction of sp³-hybridized carbons (Fsp3) is 0. The van der Waals surface area contributed by atoms with Crippen molar-refractivity contribution in [2.24, 2.45) is 0 Å². The lowest BCUT2D eigenvalue weighted by atomic mass is 10.0. The van der Waals surface area contributed by atoms with E-state index in [4.69, 9.17) is 0 Å². The van der Waals surface area contributed by atoms with E-state index >= 15 is 0 Å². The van der Waals surface area contributed by atoms with Crippen LogP contribution in [0, 0.1) is 46.5 Å². The van der Waals surface area contributed by atoms with Crippen LogP contribution in [-0.2, 0) is 9.59 Å². The Morgan fingerprint density at radius 3 is 0.969 bits per heavy atom. The molecule has 14 heteroatoms. The highest BCUT2D eigenvalue weighted by molar-refractivity contribution is 9.10. The van der Waals surface area contributed by atoms with Gasteiger partial charge in [-0.1, -0.05) is 0 Å². The minimum atomic E-state index is -2.00. The monoisotopic (exact) mass is 588 g/mol. The Morgan fingerprint density at radius 1 is 0.469 bits per heavy atom. The van der Waals surface area contributed by atoms with Gasteiger partial charge in [0.15, 0.2) is 46.5 Å². The molecule has 4 rings (SSSR count). The first-order valence-corrected chi connectivity index (χ1v) is 9.63. The SMILES string of the molecule is O=C1NC(c2c(F)c(F)c(Br)c(F)c2F)=C2C(=O)NC(c3c(F)c(F)c(Br)c(F)c3F)=C12. The van der Waals surface area contributed by atoms with Crippen molar-refractivity contribution in [2.45, 2.75) is 0 Å². The summed E-state index contributed by atoms with van der Waals surface area (Å²) in [5.41, 5.74) is -7.01. The van der Waals surface area contributed by atoms with Gasteiger partial charge in [-0.15, -0.1) is 0 Å². The van der Waals surface area contributed by atoms with Crippen LogP contribution < -0.4 is 10.6 Å². The van der Waals surface area contributed by atoms with Crippen molar-refractivity contribution < 1.29 is 44.7 Å². The molecule has 0 aliphatic carbocycles. The van der Waals surface area contributed by atoms with Crippen LogP contribution in [0.1, 0.15) is 11.1 Å². The fourth-order valence-corrected chi connectivity index (χ4v) is 3.90. The first-order valence-electron chi connectivity index (χ1n) is 8.05. The third-order valence-corrected chi connectivity index (χ3v) is 5.99. The molecule has 4 nitrogen and oxygen atoms in total. The van der Waals surface area contributed by atoms with Crippen LogP contribution in [0.25, 0.3) is 11.4 Å². The van der Waals surface area contributed by atoms with Crippen LogP contribution in [-0.4, -0.2) is 11.8 Å². The summed E-state index contributed by atoms with van der Waals surface area (Å²) >= 11 is 4.60. The third kappa shape index (κ3) is 2.85. The number of rotatable bonds is 2. The Kier molecular flexibility index (Phi) is 5.19. The molecular formula is C18H2Br2F8N2O2. The molecule has 0 saturated carbocycles. The van der Waals surface area contributed by atoms with Gasteiger partial charge in [0.25, 0.3) is 11.8 Å². The van der Waals surface area contributed by atoms with Gasteiger partial charge in [-0.25, -0.2) is 35.1 Å². The zero-order valence-corrected chi connectivity index (χ0v) is 17.8. The number of nitrogens with one attached hydrogen (secondary N) is 2. The molecule has 0 atom stereocenters. The van der Waals surface area contributed by atoms with Gasteiger partial charge in [-0.3, -0.25) is 9.59 Å². The highest BCUT2D eigenvalue weighted by Gasteiger charge is 2.45. The molecule has 0 bridgehead atoms. The normalized spacial score (nSPS) is 15.6. The van der Waals surface area contributed by atoms with Gasteiger partial charge >= 0.3 is 0 Å². The number of carbonyl (C=O) groups excluding carboxylic acids is 2. The summed E-state index contributed by atoms with van der Waals surface area (Å²) in [4.78, 5) is 24.8. The van der Waals surface area contributed by atoms with Crippen molar-refractivity contribution in [1.29, 1.82) is 0 Å². The lowest BCUT2D eigenvalue weighted by molar-refractivity contribution is -0.117. The molecule has 0 fully saturated rings. The average molecular weight is 590 g/mol. The van der Waals surface area contributed by atoms with E-state index in [-0.39, 0.29) is 0 Å². The molecule has 0 radical (unpaired) electrons. The zero-order chi connectivity index (χ0) is 23.8. The Balaban J connectivity index is 2.07. The smallest absolute Gasteiger partial charge is 0.258 e. The van der Waals surface area contributed by atoms with Crippen LogP contribution in [0.3, 0.4) is 0 Å². The summed E-state index contributed by atoms with van der Waals surface area (Å²) in [6.07, 6.45) is 0. The Hall–Kier alpha value is -2.74. The van der Waals surface area contributed by atoms with Crippen LogP contribution >= 0.6 is 31.9 Å². The number of hydrogen-bond acceptors (Lipinski definition) is 2. The van der Waals surface area contributed by atoms with E-state index in [1.165, 1.54) is 0 Å². The molecule has 2 heterocycles. The second-order valence-electron chi connectivity index (χ2n) is 6.30. The molecule has 2 aliphatic heterocycles. The Morgan fingerprint density at radius 2 is 0.719 bits per heavy atom. The molecular weight excluding hydrogens is 588 g/mol. The predicted octanol–water partition coefficient (Wildman–Crippen LogP) is 4.71. The second-order valence-corrected chi connectivity index (χ2v) is 7.88. The van der Waals surface area contributed by atoms with E-state index in [2.05, 4.69) is 31.9 Å². The second kappa shape index (κ2) is 7.40. The number of hydrogen-bond donors (Lipinski definition) is 2. The van der Waals surface area contributed by atoms with Crippen molar-refractivity contribution >= 4 is 55.1 Å². The van der Waals surface area contributed by atoms with Crippen molar-refractivity contribution in [3.63, 3.8) is 0 Å². The van der Waals surface area contributed by atoms with E-state index in [0.29, 0.717) is 0 Å². The molecule has 2 aromatic rings. The highest BCUT2D eigenvalue weighted by atomic mass is 79.9. The van der Waals surface area contributed by atoms with Crippen molar-refractivity contribution in [2.75, 3.05) is 0 Å². The molecule has 32 heavy (non-hydrogen) atoms. The van der Waals surface area contributed by atoms with Gasteiger partial charge in [-0.2, -0.15) is 0 Å². The van der Waals surface area contributed by atoms with E-state index < -0.39 is 101 Å². The molecule has 2 N–H and O–H groups in total. The lowest BCUT2D eigenvalue weighted by Gasteiger charge is -2.12. The quantitative estimate of drug-likeness (QED) is 0.303. The molecule has 0 spiro atoms. The minimum Gasteiger partial charge on any atom is -0.320 e. The van der Waals surface area contributed by atoms with E-state index in [0.717, 1.165) is 0 Å². The number of halogens is 10. The first kappa shape index (κ1) is 22.5. The van der Waals surface area contributed by atoms with E-state index in [9.17, 15) is 44.7 Å². The van der Waals surface area contributed by atoms with Crippen LogP contribution in [0.15, 0.2) is 20.1 Å². The molecule has 0 saturated heterocycles. The van der Waals surface area contributed by atoms with E-state index in [1.807, 2.05) is 0 Å². The van der Waals surface area contributed by atoms with Crippen LogP contribution in [0.4, 0.5) is 35.1 Å².